The first-order chi connectivity index (χ1) is 12.1. The largest absolute Gasteiger partial charge is 0.449 e. The number of anilines is 2. The van der Waals surface area contributed by atoms with E-state index in [0.717, 1.165) is 12.8 Å². The van der Waals surface area contributed by atoms with Gasteiger partial charge in [0.05, 0.1) is 18.0 Å². The van der Waals surface area contributed by atoms with E-state index in [0.29, 0.717) is 23.9 Å². The van der Waals surface area contributed by atoms with Crippen molar-refractivity contribution in [3.8, 4) is 0 Å². The van der Waals surface area contributed by atoms with Crippen molar-refractivity contribution in [2.45, 2.75) is 32.1 Å². The first kappa shape index (κ1) is 17.7. The molecule has 2 aromatic carbocycles. The molecule has 0 saturated heterocycles. The molecule has 0 bridgehead atoms. The Hall–Kier alpha value is -2.07. The van der Waals surface area contributed by atoms with Crippen LogP contribution in [-0.4, -0.2) is 12.7 Å². The molecular formula is C20H21ClFNO2. The van der Waals surface area contributed by atoms with Crippen molar-refractivity contribution in [1.82, 2.24) is 0 Å². The summed E-state index contributed by atoms with van der Waals surface area (Å²) in [6, 6.07) is 13.1. The van der Waals surface area contributed by atoms with Crippen molar-refractivity contribution in [2.24, 2.45) is 5.92 Å². The fourth-order valence-corrected chi connectivity index (χ4v) is 3.43. The van der Waals surface area contributed by atoms with Crippen molar-refractivity contribution in [1.29, 1.82) is 0 Å². The van der Waals surface area contributed by atoms with Crippen molar-refractivity contribution in [2.75, 3.05) is 11.5 Å². The number of rotatable bonds is 4. The summed E-state index contributed by atoms with van der Waals surface area (Å²) in [5.41, 5.74) is 0.961. The van der Waals surface area contributed by atoms with Gasteiger partial charge in [-0.1, -0.05) is 49.1 Å². The molecular weight excluding hydrogens is 341 g/mol. The Morgan fingerprint density at radius 1 is 1.08 bits per heavy atom. The Morgan fingerprint density at radius 3 is 2.48 bits per heavy atom. The van der Waals surface area contributed by atoms with Crippen molar-refractivity contribution >= 4 is 29.1 Å². The van der Waals surface area contributed by atoms with Gasteiger partial charge < -0.3 is 4.74 Å². The number of carbonyl (C=O) groups excluding carboxylic acids is 1. The molecule has 1 amide bonds. The van der Waals surface area contributed by atoms with Crippen molar-refractivity contribution in [3.05, 3.63) is 59.4 Å². The highest BCUT2D eigenvalue weighted by atomic mass is 35.5. The van der Waals surface area contributed by atoms with Crippen LogP contribution >= 0.6 is 11.6 Å². The average molecular weight is 362 g/mol. The predicted molar refractivity (Wildman–Crippen MR) is 97.9 cm³/mol. The van der Waals surface area contributed by atoms with E-state index in [-0.39, 0.29) is 5.02 Å². The van der Waals surface area contributed by atoms with Crippen LogP contribution in [0, 0.1) is 11.7 Å². The lowest BCUT2D eigenvalue weighted by Crippen LogP contribution is -2.29. The van der Waals surface area contributed by atoms with Crippen LogP contribution in [-0.2, 0) is 4.74 Å². The number of carbonyl (C=O) groups is 1. The summed E-state index contributed by atoms with van der Waals surface area (Å²) in [5, 5.41) is 0.232. The Labute approximate surface area is 152 Å². The van der Waals surface area contributed by atoms with Gasteiger partial charge in [-0.2, -0.15) is 0 Å². The zero-order chi connectivity index (χ0) is 17.6. The van der Waals surface area contributed by atoms with E-state index < -0.39 is 11.9 Å². The molecule has 0 N–H and O–H groups in total. The number of benzene rings is 2. The SMILES string of the molecule is O=C(OCC1CCCCC1)N(c1ccccc1)c1cc(F)cc(Cl)c1. The molecule has 0 radical (unpaired) electrons. The molecule has 3 rings (SSSR count). The lowest BCUT2D eigenvalue weighted by atomic mass is 9.90. The second-order valence-electron chi connectivity index (χ2n) is 6.38. The summed E-state index contributed by atoms with van der Waals surface area (Å²) < 4.78 is 19.3. The van der Waals surface area contributed by atoms with Crippen LogP contribution < -0.4 is 4.90 Å². The number of nitrogens with zero attached hydrogens (tertiary/aromatic N) is 1. The third kappa shape index (κ3) is 4.73. The van der Waals surface area contributed by atoms with Gasteiger partial charge in [-0.15, -0.1) is 0 Å². The summed E-state index contributed by atoms with van der Waals surface area (Å²) in [7, 11) is 0. The number of hydrogen-bond acceptors (Lipinski definition) is 2. The highest BCUT2D eigenvalue weighted by Gasteiger charge is 2.23. The van der Waals surface area contributed by atoms with Crippen LogP contribution in [0.25, 0.3) is 0 Å². The standard InChI is InChI=1S/C20H21ClFNO2/c21-16-11-17(22)13-19(12-16)23(18-9-5-2-6-10-18)20(24)25-14-15-7-3-1-4-8-15/h2,5-6,9-13,15H,1,3-4,7-8,14H2. The van der Waals surface area contributed by atoms with Crippen LogP contribution in [0.2, 0.25) is 5.02 Å². The van der Waals surface area contributed by atoms with E-state index in [1.54, 1.807) is 18.2 Å². The molecule has 1 aliphatic carbocycles. The molecule has 1 saturated carbocycles. The van der Waals surface area contributed by atoms with E-state index in [1.807, 2.05) is 18.2 Å². The molecule has 132 valence electrons. The molecule has 1 aliphatic rings. The molecule has 0 aliphatic heterocycles. The van der Waals surface area contributed by atoms with Gasteiger partial charge in [0.15, 0.2) is 0 Å². The summed E-state index contributed by atoms with van der Waals surface area (Å²) in [6.45, 7) is 0.394. The maximum atomic E-state index is 13.8. The summed E-state index contributed by atoms with van der Waals surface area (Å²) in [4.78, 5) is 14.1. The van der Waals surface area contributed by atoms with E-state index in [9.17, 15) is 9.18 Å². The molecule has 25 heavy (non-hydrogen) atoms. The third-order valence-corrected chi connectivity index (χ3v) is 4.69. The minimum atomic E-state index is -0.515. The Bertz CT molecular complexity index is 697. The smallest absolute Gasteiger partial charge is 0.418 e. The summed E-state index contributed by atoms with van der Waals surface area (Å²) in [5.74, 6) is -0.0880. The average Bonchev–Trinajstić information content (AvgIpc) is 2.61. The zero-order valence-electron chi connectivity index (χ0n) is 14.0. The molecule has 0 unspecified atom stereocenters. The fourth-order valence-electron chi connectivity index (χ4n) is 3.21. The van der Waals surface area contributed by atoms with E-state index >= 15 is 0 Å². The Balaban J connectivity index is 1.82. The third-order valence-electron chi connectivity index (χ3n) is 4.47. The zero-order valence-corrected chi connectivity index (χ0v) is 14.7. The maximum absolute atomic E-state index is 13.8. The number of ether oxygens (including phenoxy) is 1. The van der Waals surface area contributed by atoms with E-state index in [2.05, 4.69) is 0 Å². The molecule has 3 nitrogen and oxygen atoms in total. The minimum Gasteiger partial charge on any atom is -0.449 e. The quantitative estimate of drug-likeness (QED) is 0.636. The van der Waals surface area contributed by atoms with Crippen LogP contribution in [0.15, 0.2) is 48.5 Å². The summed E-state index contributed by atoms with van der Waals surface area (Å²) >= 11 is 5.97. The van der Waals surface area contributed by atoms with Crippen molar-refractivity contribution < 1.29 is 13.9 Å². The normalized spacial score (nSPS) is 15.0. The molecule has 5 heteroatoms. The lowest BCUT2D eigenvalue weighted by Gasteiger charge is -2.25. The Morgan fingerprint density at radius 2 is 1.80 bits per heavy atom. The second kappa shape index (κ2) is 8.34. The van der Waals surface area contributed by atoms with Crippen LogP contribution in [0.1, 0.15) is 32.1 Å². The molecule has 0 spiro atoms. The number of amides is 1. The minimum absolute atomic E-state index is 0.232. The van der Waals surface area contributed by atoms with Crippen molar-refractivity contribution in [3.63, 3.8) is 0 Å². The van der Waals surface area contributed by atoms with Gasteiger partial charge in [-0.05, 0) is 49.1 Å². The lowest BCUT2D eigenvalue weighted by molar-refractivity contribution is 0.124. The highest BCUT2D eigenvalue weighted by Crippen LogP contribution is 2.30. The van der Waals surface area contributed by atoms with E-state index in [1.165, 1.54) is 36.3 Å². The second-order valence-corrected chi connectivity index (χ2v) is 6.82. The van der Waals surface area contributed by atoms with Gasteiger partial charge >= 0.3 is 6.09 Å². The summed E-state index contributed by atoms with van der Waals surface area (Å²) in [6.07, 6.45) is 5.28. The molecule has 1 fully saturated rings. The van der Waals surface area contributed by atoms with Gasteiger partial charge in [0.25, 0.3) is 0 Å². The fraction of sp³-hybridized carbons (Fsp3) is 0.350. The van der Waals surface area contributed by atoms with Gasteiger partial charge in [0, 0.05) is 5.02 Å². The maximum Gasteiger partial charge on any atom is 0.418 e. The number of hydrogen-bond donors (Lipinski definition) is 0. The van der Waals surface area contributed by atoms with Gasteiger partial charge in [-0.3, -0.25) is 0 Å². The van der Waals surface area contributed by atoms with Crippen LogP contribution in [0.5, 0.6) is 0 Å². The highest BCUT2D eigenvalue weighted by molar-refractivity contribution is 6.31. The van der Waals surface area contributed by atoms with Gasteiger partial charge in [0.1, 0.15) is 5.82 Å². The first-order valence-corrected chi connectivity index (χ1v) is 8.99. The molecule has 2 aromatic rings. The topological polar surface area (TPSA) is 29.5 Å². The molecule has 0 heterocycles. The number of para-hydroxylation sites is 1. The van der Waals surface area contributed by atoms with Crippen LogP contribution in [0.4, 0.5) is 20.6 Å². The van der Waals surface area contributed by atoms with Gasteiger partial charge in [-0.25, -0.2) is 14.1 Å². The first-order valence-electron chi connectivity index (χ1n) is 8.61. The molecule has 0 atom stereocenters. The number of halogens is 2. The monoisotopic (exact) mass is 361 g/mol. The Kier molecular flexibility index (Phi) is 5.92. The molecule has 0 aromatic heterocycles. The predicted octanol–water partition coefficient (Wildman–Crippen LogP) is 6.33. The van der Waals surface area contributed by atoms with Gasteiger partial charge in [0.2, 0.25) is 0 Å². The van der Waals surface area contributed by atoms with E-state index in [4.69, 9.17) is 16.3 Å². The van der Waals surface area contributed by atoms with Crippen LogP contribution in [0.3, 0.4) is 0 Å².